The third-order valence-electron chi connectivity index (χ3n) is 3.66. The van der Waals surface area contributed by atoms with Crippen molar-refractivity contribution < 1.29 is 9.90 Å². The van der Waals surface area contributed by atoms with Gasteiger partial charge in [0.25, 0.3) is 0 Å². The Morgan fingerprint density at radius 3 is 3.00 bits per heavy atom. The summed E-state index contributed by atoms with van der Waals surface area (Å²) in [6, 6.07) is 5.37. The minimum Gasteiger partial charge on any atom is -0.465 e. The number of hydrogen-bond donors (Lipinski definition) is 4. The first kappa shape index (κ1) is 15.9. The Kier molecular flexibility index (Phi) is 4.02. The molecule has 3 aromatic rings. The van der Waals surface area contributed by atoms with Crippen molar-refractivity contribution in [3.8, 4) is 10.7 Å². The zero-order chi connectivity index (χ0) is 17.4. The number of thiophene rings is 1. The van der Waals surface area contributed by atoms with E-state index < -0.39 is 6.09 Å². The van der Waals surface area contributed by atoms with E-state index in [2.05, 4.69) is 30.8 Å². The van der Waals surface area contributed by atoms with E-state index in [1.54, 1.807) is 12.1 Å². The molecule has 1 aliphatic rings. The lowest BCUT2D eigenvalue weighted by molar-refractivity contribution is 0.210. The van der Waals surface area contributed by atoms with E-state index in [-0.39, 0.29) is 0 Å². The van der Waals surface area contributed by atoms with Crippen LogP contribution in [0.25, 0.3) is 10.7 Å². The standard InChI is InChI=1S/C15H13ClN6O2S/c16-8-6-17-14(10-3-4-12(25-10)19-15(23)24)20-13(8)18-11-5-9(21-22-11)7-1-2-7/h3-7,19H,1-2H2,(H,23,24)(H2,17,18,20,21,22). The van der Waals surface area contributed by atoms with E-state index in [0.717, 1.165) is 10.6 Å². The van der Waals surface area contributed by atoms with Crippen LogP contribution in [0.3, 0.4) is 0 Å². The molecule has 0 aromatic carbocycles. The summed E-state index contributed by atoms with van der Waals surface area (Å²) in [5.41, 5.74) is 1.11. The summed E-state index contributed by atoms with van der Waals surface area (Å²) in [6.07, 6.45) is 2.76. The molecule has 0 radical (unpaired) electrons. The number of carboxylic acid groups (broad SMARTS) is 1. The van der Waals surface area contributed by atoms with Crippen LogP contribution in [0.4, 0.5) is 21.4 Å². The molecule has 128 valence electrons. The van der Waals surface area contributed by atoms with Crippen LogP contribution in [0.15, 0.2) is 24.4 Å². The first-order valence-electron chi connectivity index (χ1n) is 7.53. The molecule has 8 nitrogen and oxygen atoms in total. The van der Waals surface area contributed by atoms with Crippen LogP contribution in [-0.4, -0.2) is 31.4 Å². The van der Waals surface area contributed by atoms with Gasteiger partial charge in [-0.15, -0.1) is 11.3 Å². The van der Waals surface area contributed by atoms with Crippen molar-refractivity contribution >= 4 is 45.7 Å². The van der Waals surface area contributed by atoms with Crippen LogP contribution >= 0.6 is 22.9 Å². The summed E-state index contributed by atoms with van der Waals surface area (Å²) in [5.74, 6) is 2.12. The lowest BCUT2D eigenvalue weighted by atomic mass is 10.3. The number of amides is 1. The maximum atomic E-state index is 10.7. The number of aromatic amines is 1. The molecule has 0 atom stereocenters. The molecule has 0 saturated heterocycles. The van der Waals surface area contributed by atoms with Crippen molar-refractivity contribution in [1.82, 2.24) is 20.2 Å². The first-order chi connectivity index (χ1) is 12.1. The van der Waals surface area contributed by atoms with Gasteiger partial charge in [0.15, 0.2) is 17.5 Å². The highest BCUT2D eigenvalue weighted by Gasteiger charge is 2.25. The predicted octanol–water partition coefficient (Wildman–Crippen LogP) is 4.29. The van der Waals surface area contributed by atoms with Gasteiger partial charge in [0.05, 0.1) is 16.1 Å². The molecule has 4 rings (SSSR count). The fourth-order valence-electron chi connectivity index (χ4n) is 2.33. The second-order valence-corrected chi connectivity index (χ2v) is 7.08. The van der Waals surface area contributed by atoms with Gasteiger partial charge in [0.1, 0.15) is 5.02 Å². The summed E-state index contributed by atoms with van der Waals surface area (Å²) in [5, 5.41) is 22.3. The monoisotopic (exact) mass is 376 g/mol. The Hall–Kier alpha value is -2.65. The van der Waals surface area contributed by atoms with E-state index >= 15 is 0 Å². The van der Waals surface area contributed by atoms with Gasteiger partial charge in [-0.2, -0.15) is 5.10 Å². The van der Waals surface area contributed by atoms with E-state index in [1.807, 2.05) is 6.07 Å². The van der Waals surface area contributed by atoms with Crippen molar-refractivity contribution in [2.45, 2.75) is 18.8 Å². The Morgan fingerprint density at radius 2 is 2.24 bits per heavy atom. The molecule has 0 aliphatic heterocycles. The van der Waals surface area contributed by atoms with E-state index in [4.69, 9.17) is 16.7 Å². The van der Waals surface area contributed by atoms with Crippen LogP contribution in [-0.2, 0) is 0 Å². The maximum Gasteiger partial charge on any atom is 0.409 e. The molecule has 0 bridgehead atoms. The van der Waals surface area contributed by atoms with Gasteiger partial charge in [-0.25, -0.2) is 14.8 Å². The molecule has 4 N–H and O–H groups in total. The highest BCUT2D eigenvalue weighted by atomic mass is 35.5. The number of rotatable bonds is 5. The highest BCUT2D eigenvalue weighted by Crippen LogP contribution is 2.40. The van der Waals surface area contributed by atoms with Crippen LogP contribution < -0.4 is 10.6 Å². The topological polar surface area (TPSA) is 116 Å². The summed E-state index contributed by atoms with van der Waals surface area (Å²) in [4.78, 5) is 20.1. The Balaban J connectivity index is 1.57. The van der Waals surface area contributed by atoms with Crippen molar-refractivity contribution in [2.24, 2.45) is 0 Å². The average Bonchev–Trinajstić information content (AvgIpc) is 3.15. The van der Waals surface area contributed by atoms with Gasteiger partial charge in [0.2, 0.25) is 0 Å². The van der Waals surface area contributed by atoms with Gasteiger partial charge >= 0.3 is 6.09 Å². The molecule has 10 heteroatoms. The quantitative estimate of drug-likeness (QED) is 0.527. The predicted molar refractivity (Wildman–Crippen MR) is 95.8 cm³/mol. The summed E-state index contributed by atoms with van der Waals surface area (Å²) < 4.78 is 0. The van der Waals surface area contributed by atoms with Gasteiger partial charge in [-0.3, -0.25) is 10.4 Å². The molecule has 3 aromatic heterocycles. The fraction of sp³-hybridized carbons (Fsp3) is 0.200. The third-order valence-corrected chi connectivity index (χ3v) is 4.94. The smallest absolute Gasteiger partial charge is 0.409 e. The van der Waals surface area contributed by atoms with Crippen LogP contribution in [0.2, 0.25) is 5.02 Å². The molecule has 1 amide bonds. The molecule has 0 spiro atoms. The number of H-pyrrole nitrogens is 1. The number of nitrogens with zero attached hydrogens (tertiary/aromatic N) is 3. The maximum absolute atomic E-state index is 10.7. The lowest BCUT2D eigenvalue weighted by Gasteiger charge is -2.05. The molecule has 1 saturated carbocycles. The van der Waals surface area contributed by atoms with Gasteiger partial charge in [-0.1, -0.05) is 11.6 Å². The second kappa shape index (κ2) is 6.34. The Morgan fingerprint density at radius 1 is 1.40 bits per heavy atom. The lowest BCUT2D eigenvalue weighted by Crippen LogP contribution is -2.05. The Labute approximate surface area is 151 Å². The molecule has 1 fully saturated rings. The molecule has 1 aliphatic carbocycles. The highest BCUT2D eigenvalue weighted by molar-refractivity contribution is 7.19. The Bertz CT molecular complexity index is 936. The molecule has 25 heavy (non-hydrogen) atoms. The van der Waals surface area contributed by atoms with Gasteiger partial charge < -0.3 is 10.4 Å². The van der Waals surface area contributed by atoms with Crippen molar-refractivity contribution in [2.75, 3.05) is 10.6 Å². The van der Waals surface area contributed by atoms with Gasteiger partial charge in [-0.05, 0) is 25.0 Å². The number of halogens is 1. The van der Waals surface area contributed by atoms with Crippen molar-refractivity contribution in [3.63, 3.8) is 0 Å². The minimum atomic E-state index is -1.11. The number of carbonyl (C=O) groups is 1. The average molecular weight is 377 g/mol. The number of anilines is 3. The van der Waals surface area contributed by atoms with Crippen LogP contribution in [0.5, 0.6) is 0 Å². The van der Waals surface area contributed by atoms with E-state index in [1.165, 1.54) is 30.4 Å². The van der Waals surface area contributed by atoms with Crippen molar-refractivity contribution in [1.29, 1.82) is 0 Å². The van der Waals surface area contributed by atoms with Crippen LogP contribution in [0.1, 0.15) is 24.5 Å². The zero-order valence-electron chi connectivity index (χ0n) is 12.8. The van der Waals surface area contributed by atoms with Crippen molar-refractivity contribution in [3.05, 3.63) is 35.1 Å². The number of nitrogens with one attached hydrogen (secondary N) is 3. The van der Waals surface area contributed by atoms with E-state index in [9.17, 15) is 4.79 Å². The van der Waals surface area contributed by atoms with Crippen LogP contribution in [0, 0.1) is 0 Å². The summed E-state index contributed by atoms with van der Waals surface area (Å²) >= 11 is 7.42. The normalized spacial score (nSPS) is 13.6. The molecule has 3 heterocycles. The summed E-state index contributed by atoms with van der Waals surface area (Å²) in [7, 11) is 0. The third kappa shape index (κ3) is 3.57. The first-order valence-corrected chi connectivity index (χ1v) is 8.73. The zero-order valence-corrected chi connectivity index (χ0v) is 14.4. The fourth-order valence-corrected chi connectivity index (χ4v) is 3.30. The minimum absolute atomic E-state index is 0.375. The molecular formula is C15H13ClN6O2S. The number of aromatic nitrogens is 4. The summed E-state index contributed by atoms with van der Waals surface area (Å²) in [6.45, 7) is 0. The number of hydrogen-bond acceptors (Lipinski definition) is 6. The second-order valence-electron chi connectivity index (χ2n) is 5.59. The van der Waals surface area contributed by atoms with Gasteiger partial charge in [0, 0.05) is 17.7 Å². The SMILES string of the molecule is O=C(O)Nc1ccc(-c2ncc(Cl)c(Nc3cc(C4CC4)[nH]n3)n2)s1. The largest absolute Gasteiger partial charge is 0.465 e. The molecule has 0 unspecified atom stereocenters. The molecular weight excluding hydrogens is 364 g/mol. The van der Waals surface area contributed by atoms with E-state index in [0.29, 0.717) is 33.4 Å².